The molecule has 0 amide bonds. The van der Waals surface area contributed by atoms with Crippen molar-refractivity contribution in [2.24, 2.45) is 5.41 Å². The highest BCUT2D eigenvalue weighted by atomic mass is 16.5. The molecule has 1 heterocycles. The Morgan fingerprint density at radius 2 is 2.05 bits per heavy atom. The van der Waals surface area contributed by atoms with Crippen LogP contribution in [0.2, 0.25) is 0 Å². The highest BCUT2D eigenvalue weighted by Gasteiger charge is 2.39. The molecule has 0 aromatic carbocycles. The number of nitrogens with one attached hydrogen (secondary N) is 1. The van der Waals surface area contributed by atoms with Gasteiger partial charge in [0.05, 0.1) is 18.8 Å². The van der Waals surface area contributed by atoms with Gasteiger partial charge in [0.2, 0.25) is 0 Å². The maximum Gasteiger partial charge on any atom is 0.0808 e. The van der Waals surface area contributed by atoms with Gasteiger partial charge in [-0.2, -0.15) is 0 Å². The van der Waals surface area contributed by atoms with Crippen molar-refractivity contribution >= 4 is 0 Å². The van der Waals surface area contributed by atoms with Gasteiger partial charge in [0, 0.05) is 12.6 Å². The summed E-state index contributed by atoms with van der Waals surface area (Å²) in [5.41, 5.74) is 0.340. The first-order valence-electron chi connectivity index (χ1n) is 8.10. The fraction of sp³-hybridized carbons (Fsp3) is 1.00. The fourth-order valence-corrected chi connectivity index (χ4v) is 3.56. The van der Waals surface area contributed by atoms with Crippen molar-refractivity contribution in [2.75, 3.05) is 19.8 Å². The molecule has 1 aliphatic carbocycles. The van der Waals surface area contributed by atoms with Crippen LogP contribution in [0.5, 0.6) is 0 Å². The van der Waals surface area contributed by atoms with Gasteiger partial charge in [-0.3, -0.25) is 0 Å². The third-order valence-corrected chi connectivity index (χ3v) is 4.72. The first kappa shape index (κ1) is 15.3. The topological polar surface area (TPSA) is 30.5 Å². The summed E-state index contributed by atoms with van der Waals surface area (Å²) in [5.74, 6) is 0. The van der Waals surface area contributed by atoms with Crippen molar-refractivity contribution in [2.45, 2.75) is 77.5 Å². The van der Waals surface area contributed by atoms with Gasteiger partial charge in [0.15, 0.2) is 0 Å². The number of likely N-dealkylation sites (N-methyl/N-ethyl adjacent to an activating group) is 1. The second-order valence-corrected chi connectivity index (χ2v) is 6.78. The molecule has 3 nitrogen and oxygen atoms in total. The quantitative estimate of drug-likeness (QED) is 0.832. The lowest BCUT2D eigenvalue weighted by Crippen LogP contribution is -2.54. The summed E-state index contributed by atoms with van der Waals surface area (Å²) in [6.07, 6.45) is 8.13. The summed E-state index contributed by atoms with van der Waals surface area (Å²) in [4.78, 5) is 0. The van der Waals surface area contributed by atoms with E-state index in [0.29, 0.717) is 23.7 Å². The SMILES string of the molecule is CCNC1C(OCC2CCCCO2)CCCC1(C)C. The maximum atomic E-state index is 6.24. The van der Waals surface area contributed by atoms with E-state index >= 15 is 0 Å². The lowest BCUT2D eigenvalue weighted by atomic mass is 9.71. The van der Waals surface area contributed by atoms with Gasteiger partial charge in [-0.25, -0.2) is 0 Å². The van der Waals surface area contributed by atoms with Crippen LogP contribution in [-0.4, -0.2) is 38.0 Å². The Kier molecular flexibility index (Phi) is 5.67. The van der Waals surface area contributed by atoms with Crippen LogP contribution in [0.15, 0.2) is 0 Å². The summed E-state index contributed by atoms with van der Waals surface area (Å²) in [7, 11) is 0. The molecule has 112 valence electrons. The van der Waals surface area contributed by atoms with Crippen molar-refractivity contribution in [3.63, 3.8) is 0 Å². The standard InChI is InChI=1S/C16H31NO2/c1-4-17-15-14(9-7-10-16(15,2)3)19-12-13-8-5-6-11-18-13/h13-15,17H,4-12H2,1-3H3. The monoisotopic (exact) mass is 269 g/mol. The van der Waals surface area contributed by atoms with Crippen LogP contribution in [0.1, 0.15) is 59.3 Å². The van der Waals surface area contributed by atoms with E-state index in [4.69, 9.17) is 9.47 Å². The van der Waals surface area contributed by atoms with Gasteiger partial charge < -0.3 is 14.8 Å². The van der Waals surface area contributed by atoms with Crippen molar-refractivity contribution in [1.82, 2.24) is 5.32 Å². The van der Waals surface area contributed by atoms with Gasteiger partial charge in [0.1, 0.15) is 0 Å². The Labute approximate surface area is 118 Å². The predicted octanol–water partition coefficient (Wildman–Crippen LogP) is 3.13. The molecule has 3 heteroatoms. The summed E-state index contributed by atoms with van der Waals surface area (Å²) >= 11 is 0. The lowest BCUT2D eigenvalue weighted by molar-refractivity contribution is -0.0934. The molecule has 0 bridgehead atoms. The molecule has 0 radical (unpaired) electrons. The molecule has 2 fully saturated rings. The van der Waals surface area contributed by atoms with Crippen LogP contribution in [0, 0.1) is 5.41 Å². The molecule has 2 rings (SSSR count). The second-order valence-electron chi connectivity index (χ2n) is 6.78. The first-order chi connectivity index (χ1) is 9.13. The second kappa shape index (κ2) is 7.05. The van der Waals surface area contributed by atoms with Crippen molar-refractivity contribution in [1.29, 1.82) is 0 Å². The number of hydrogen-bond donors (Lipinski definition) is 1. The summed E-state index contributed by atoms with van der Waals surface area (Å²) in [6.45, 7) is 9.64. The summed E-state index contributed by atoms with van der Waals surface area (Å²) in [5, 5.41) is 3.65. The van der Waals surface area contributed by atoms with Gasteiger partial charge in [0.25, 0.3) is 0 Å². The molecule has 1 aliphatic heterocycles. The van der Waals surface area contributed by atoms with Crippen LogP contribution in [0.3, 0.4) is 0 Å². The van der Waals surface area contributed by atoms with Gasteiger partial charge in [-0.05, 0) is 44.1 Å². The summed E-state index contributed by atoms with van der Waals surface area (Å²) in [6, 6.07) is 0.481. The van der Waals surface area contributed by atoms with E-state index in [1.165, 1.54) is 38.5 Å². The van der Waals surface area contributed by atoms with Crippen molar-refractivity contribution in [3.8, 4) is 0 Å². The minimum absolute atomic E-state index is 0.334. The number of hydrogen-bond acceptors (Lipinski definition) is 3. The number of rotatable bonds is 5. The molecule has 3 unspecified atom stereocenters. The molecule has 0 aromatic heterocycles. The first-order valence-corrected chi connectivity index (χ1v) is 8.10. The van der Waals surface area contributed by atoms with E-state index in [-0.39, 0.29) is 0 Å². The lowest BCUT2D eigenvalue weighted by Gasteiger charge is -2.44. The van der Waals surface area contributed by atoms with Gasteiger partial charge in [-0.1, -0.05) is 27.2 Å². The normalized spacial score (nSPS) is 35.2. The van der Waals surface area contributed by atoms with E-state index in [2.05, 4.69) is 26.1 Å². The van der Waals surface area contributed by atoms with Crippen LogP contribution in [0.25, 0.3) is 0 Å². The van der Waals surface area contributed by atoms with Crippen molar-refractivity contribution in [3.05, 3.63) is 0 Å². The van der Waals surface area contributed by atoms with E-state index < -0.39 is 0 Å². The van der Waals surface area contributed by atoms with E-state index in [9.17, 15) is 0 Å². The molecule has 0 spiro atoms. The highest BCUT2D eigenvalue weighted by Crippen LogP contribution is 2.37. The average molecular weight is 269 g/mol. The third kappa shape index (κ3) is 4.17. The maximum absolute atomic E-state index is 6.24. The molecular formula is C16H31NO2. The molecule has 1 saturated heterocycles. The highest BCUT2D eigenvalue weighted by molar-refractivity contribution is 4.94. The van der Waals surface area contributed by atoms with Gasteiger partial charge >= 0.3 is 0 Å². The Morgan fingerprint density at radius 1 is 1.21 bits per heavy atom. The Hall–Kier alpha value is -0.120. The molecule has 0 aromatic rings. The minimum Gasteiger partial charge on any atom is -0.376 e. The van der Waals surface area contributed by atoms with Crippen molar-refractivity contribution < 1.29 is 9.47 Å². The fourth-order valence-electron chi connectivity index (χ4n) is 3.56. The van der Waals surface area contributed by atoms with Crippen LogP contribution < -0.4 is 5.32 Å². The Balaban J connectivity index is 1.85. The summed E-state index contributed by atoms with van der Waals surface area (Å²) < 4.78 is 12.0. The molecule has 1 saturated carbocycles. The zero-order valence-corrected chi connectivity index (χ0v) is 12.9. The number of ether oxygens (including phenoxy) is 2. The predicted molar refractivity (Wildman–Crippen MR) is 78.4 cm³/mol. The van der Waals surface area contributed by atoms with E-state index in [0.717, 1.165) is 19.8 Å². The Bertz CT molecular complexity index is 261. The van der Waals surface area contributed by atoms with Crippen LogP contribution in [0.4, 0.5) is 0 Å². The zero-order chi connectivity index (χ0) is 13.7. The average Bonchev–Trinajstić information content (AvgIpc) is 2.40. The molecule has 19 heavy (non-hydrogen) atoms. The molecule has 2 aliphatic rings. The van der Waals surface area contributed by atoms with Crippen LogP contribution >= 0.6 is 0 Å². The van der Waals surface area contributed by atoms with E-state index in [1.807, 2.05) is 0 Å². The minimum atomic E-state index is 0.334. The smallest absolute Gasteiger partial charge is 0.0808 e. The molecular weight excluding hydrogens is 238 g/mol. The third-order valence-electron chi connectivity index (χ3n) is 4.72. The Morgan fingerprint density at radius 3 is 2.74 bits per heavy atom. The van der Waals surface area contributed by atoms with Crippen LogP contribution in [-0.2, 0) is 9.47 Å². The molecule has 3 atom stereocenters. The van der Waals surface area contributed by atoms with E-state index in [1.54, 1.807) is 0 Å². The zero-order valence-electron chi connectivity index (χ0n) is 12.9. The molecule has 1 N–H and O–H groups in total. The largest absolute Gasteiger partial charge is 0.376 e. The van der Waals surface area contributed by atoms with Gasteiger partial charge in [-0.15, -0.1) is 0 Å².